The zero-order chi connectivity index (χ0) is 17.9. The van der Waals surface area contributed by atoms with Crippen molar-refractivity contribution in [2.75, 3.05) is 0 Å². The predicted octanol–water partition coefficient (Wildman–Crippen LogP) is 3.63. The Labute approximate surface area is 145 Å². The molecule has 0 aliphatic heterocycles. The molecule has 4 nitrogen and oxygen atoms in total. The van der Waals surface area contributed by atoms with Gasteiger partial charge in [0.25, 0.3) is 0 Å². The molecule has 0 spiro atoms. The van der Waals surface area contributed by atoms with Crippen molar-refractivity contribution in [3.63, 3.8) is 0 Å². The topological polar surface area (TPSA) is 46.9 Å². The molecule has 2 aromatic rings. The zero-order valence-electron chi connectivity index (χ0n) is 15.7. The molecule has 0 atom stereocenters. The molecule has 130 valence electrons. The van der Waals surface area contributed by atoms with E-state index in [9.17, 15) is 4.79 Å². The van der Waals surface area contributed by atoms with Crippen molar-refractivity contribution in [2.24, 2.45) is 5.92 Å². The number of hydrogen-bond acceptors (Lipinski definition) is 2. The third-order valence-electron chi connectivity index (χ3n) is 4.38. The number of amides is 1. The highest BCUT2D eigenvalue weighted by molar-refractivity contribution is 5.79. The Balaban J connectivity index is 2.01. The summed E-state index contributed by atoms with van der Waals surface area (Å²) in [6.45, 7) is 14.0. The highest BCUT2D eigenvalue weighted by Crippen LogP contribution is 2.16. The summed E-state index contributed by atoms with van der Waals surface area (Å²) < 4.78 is 2.02. The molecule has 0 fully saturated rings. The van der Waals surface area contributed by atoms with Crippen LogP contribution in [0.15, 0.2) is 18.2 Å². The maximum Gasteiger partial charge on any atom is 0.224 e. The number of rotatable bonds is 6. The van der Waals surface area contributed by atoms with Crippen LogP contribution in [0.3, 0.4) is 0 Å². The third-order valence-corrected chi connectivity index (χ3v) is 4.38. The quantitative estimate of drug-likeness (QED) is 0.880. The maximum absolute atomic E-state index is 12.4. The van der Waals surface area contributed by atoms with Crippen molar-refractivity contribution in [3.05, 3.63) is 51.8 Å². The van der Waals surface area contributed by atoms with Crippen LogP contribution in [-0.2, 0) is 24.3 Å². The molecule has 4 heteroatoms. The first-order chi connectivity index (χ1) is 11.3. The molecule has 0 radical (unpaired) electrons. The Morgan fingerprint density at radius 1 is 1.21 bits per heavy atom. The molecule has 0 saturated heterocycles. The average molecular weight is 327 g/mol. The van der Waals surface area contributed by atoms with Crippen LogP contribution in [0.5, 0.6) is 0 Å². The van der Waals surface area contributed by atoms with Gasteiger partial charge in [0, 0.05) is 24.3 Å². The second-order valence-electron chi connectivity index (χ2n) is 7.11. The fourth-order valence-corrected chi connectivity index (χ4v) is 2.97. The summed E-state index contributed by atoms with van der Waals surface area (Å²) in [5.41, 5.74) is 6.73. The fourth-order valence-electron chi connectivity index (χ4n) is 2.97. The fraction of sp³-hybridized carbons (Fsp3) is 0.500. The van der Waals surface area contributed by atoms with E-state index in [0.29, 0.717) is 18.9 Å². The molecule has 2 rings (SSSR count). The summed E-state index contributed by atoms with van der Waals surface area (Å²) in [4.78, 5) is 12.4. The standard InChI is InChI=1S/C20H29N3O/c1-13(2)12-23-17(6)19(16(5)22-23)10-20(24)21-11-18-8-7-14(3)9-15(18)4/h7-9,13H,10-12H2,1-6H3,(H,21,24). The molecule has 0 saturated carbocycles. The summed E-state index contributed by atoms with van der Waals surface area (Å²) in [6.07, 6.45) is 0.390. The van der Waals surface area contributed by atoms with Crippen molar-refractivity contribution in [2.45, 2.75) is 61.1 Å². The van der Waals surface area contributed by atoms with Gasteiger partial charge in [-0.05, 0) is 44.7 Å². The third kappa shape index (κ3) is 4.47. The van der Waals surface area contributed by atoms with Crippen molar-refractivity contribution >= 4 is 5.91 Å². The minimum absolute atomic E-state index is 0.0465. The minimum Gasteiger partial charge on any atom is -0.352 e. The molecular weight excluding hydrogens is 298 g/mol. The first-order valence-electron chi connectivity index (χ1n) is 8.63. The van der Waals surface area contributed by atoms with Crippen molar-refractivity contribution < 1.29 is 4.79 Å². The van der Waals surface area contributed by atoms with E-state index < -0.39 is 0 Å². The summed E-state index contributed by atoms with van der Waals surface area (Å²) in [7, 11) is 0. The van der Waals surface area contributed by atoms with Crippen LogP contribution >= 0.6 is 0 Å². The van der Waals surface area contributed by atoms with E-state index in [2.05, 4.69) is 63.2 Å². The molecular formula is C20H29N3O. The molecule has 1 aromatic carbocycles. The van der Waals surface area contributed by atoms with E-state index in [1.165, 1.54) is 11.1 Å². The number of benzene rings is 1. The molecule has 24 heavy (non-hydrogen) atoms. The molecule has 0 aliphatic rings. The Morgan fingerprint density at radius 3 is 2.54 bits per heavy atom. The number of nitrogens with zero attached hydrogens (tertiary/aromatic N) is 2. The molecule has 0 bridgehead atoms. The lowest BCUT2D eigenvalue weighted by Crippen LogP contribution is -2.25. The van der Waals surface area contributed by atoms with E-state index in [1.54, 1.807) is 0 Å². The SMILES string of the molecule is Cc1ccc(CNC(=O)Cc2c(C)nn(CC(C)C)c2C)c(C)c1. The van der Waals surface area contributed by atoms with Crippen LogP contribution in [0.2, 0.25) is 0 Å². The molecule has 0 aliphatic carbocycles. The summed E-state index contributed by atoms with van der Waals surface area (Å²) in [5.74, 6) is 0.583. The maximum atomic E-state index is 12.4. The van der Waals surface area contributed by atoms with Gasteiger partial charge in [-0.1, -0.05) is 37.6 Å². The predicted molar refractivity (Wildman–Crippen MR) is 98.0 cm³/mol. The number of aryl methyl sites for hydroxylation is 3. The lowest BCUT2D eigenvalue weighted by Gasteiger charge is -2.10. The van der Waals surface area contributed by atoms with Gasteiger partial charge in [-0.3, -0.25) is 9.48 Å². The van der Waals surface area contributed by atoms with E-state index >= 15 is 0 Å². The summed E-state index contributed by atoms with van der Waals surface area (Å²) in [6, 6.07) is 6.31. The largest absolute Gasteiger partial charge is 0.352 e. The second kappa shape index (κ2) is 7.65. The first-order valence-corrected chi connectivity index (χ1v) is 8.63. The van der Waals surface area contributed by atoms with Gasteiger partial charge in [-0.25, -0.2) is 0 Å². The molecule has 1 N–H and O–H groups in total. The van der Waals surface area contributed by atoms with E-state index in [4.69, 9.17) is 0 Å². The number of hydrogen-bond donors (Lipinski definition) is 1. The Kier molecular flexibility index (Phi) is 5.81. The van der Waals surface area contributed by atoms with Crippen molar-refractivity contribution in [1.82, 2.24) is 15.1 Å². The van der Waals surface area contributed by atoms with Crippen LogP contribution in [0.1, 0.15) is 47.5 Å². The highest BCUT2D eigenvalue weighted by atomic mass is 16.1. The second-order valence-corrected chi connectivity index (χ2v) is 7.11. The van der Waals surface area contributed by atoms with Gasteiger partial charge in [-0.15, -0.1) is 0 Å². The van der Waals surface area contributed by atoms with Gasteiger partial charge in [0.15, 0.2) is 0 Å². The van der Waals surface area contributed by atoms with E-state index in [-0.39, 0.29) is 5.91 Å². The van der Waals surface area contributed by atoms with Gasteiger partial charge in [0.1, 0.15) is 0 Å². The molecule has 0 unspecified atom stereocenters. The van der Waals surface area contributed by atoms with E-state index in [0.717, 1.165) is 29.1 Å². The van der Waals surface area contributed by atoms with Crippen LogP contribution in [0, 0.1) is 33.6 Å². The lowest BCUT2D eigenvalue weighted by atomic mass is 10.1. The molecule has 1 heterocycles. The minimum atomic E-state index is 0.0465. The van der Waals surface area contributed by atoms with Gasteiger partial charge < -0.3 is 5.32 Å². The van der Waals surface area contributed by atoms with Gasteiger partial charge in [0.05, 0.1) is 12.1 Å². The van der Waals surface area contributed by atoms with Crippen LogP contribution in [0.25, 0.3) is 0 Å². The zero-order valence-corrected chi connectivity index (χ0v) is 15.7. The number of carbonyl (C=O) groups excluding carboxylic acids is 1. The number of nitrogens with one attached hydrogen (secondary N) is 1. The van der Waals surface area contributed by atoms with Crippen LogP contribution in [-0.4, -0.2) is 15.7 Å². The van der Waals surface area contributed by atoms with Crippen molar-refractivity contribution in [1.29, 1.82) is 0 Å². The van der Waals surface area contributed by atoms with E-state index in [1.807, 2.05) is 11.6 Å². The monoisotopic (exact) mass is 327 g/mol. The van der Waals surface area contributed by atoms with Crippen LogP contribution in [0.4, 0.5) is 0 Å². The summed E-state index contributed by atoms with van der Waals surface area (Å²) >= 11 is 0. The average Bonchev–Trinajstić information content (AvgIpc) is 2.73. The Morgan fingerprint density at radius 2 is 1.92 bits per heavy atom. The van der Waals surface area contributed by atoms with Crippen molar-refractivity contribution in [3.8, 4) is 0 Å². The Bertz CT molecular complexity index is 729. The first kappa shape index (κ1) is 18.2. The normalized spacial score (nSPS) is 11.1. The lowest BCUT2D eigenvalue weighted by molar-refractivity contribution is -0.120. The number of carbonyl (C=O) groups is 1. The Hall–Kier alpha value is -2.10. The smallest absolute Gasteiger partial charge is 0.224 e. The van der Waals surface area contributed by atoms with Gasteiger partial charge >= 0.3 is 0 Å². The summed E-state index contributed by atoms with van der Waals surface area (Å²) in [5, 5.41) is 7.62. The highest BCUT2D eigenvalue weighted by Gasteiger charge is 2.15. The number of aromatic nitrogens is 2. The molecule has 1 aromatic heterocycles. The van der Waals surface area contributed by atoms with Gasteiger partial charge in [0.2, 0.25) is 5.91 Å². The van der Waals surface area contributed by atoms with Crippen LogP contribution < -0.4 is 5.32 Å². The van der Waals surface area contributed by atoms with Gasteiger partial charge in [-0.2, -0.15) is 5.10 Å². The molecule has 1 amide bonds.